The number of aromatic nitrogens is 2. The normalized spacial score (nSPS) is 22.7. The van der Waals surface area contributed by atoms with E-state index in [1.807, 2.05) is 0 Å². The predicted octanol–water partition coefficient (Wildman–Crippen LogP) is 3.65. The lowest BCUT2D eigenvalue weighted by Crippen LogP contribution is -2.36. The van der Waals surface area contributed by atoms with Crippen molar-refractivity contribution in [3.05, 3.63) is 18.2 Å². The molecular weight excluding hydrogens is 248 g/mol. The van der Waals surface area contributed by atoms with E-state index in [0.29, 0.717) is 12.0 Å². The second-order valence-corrected chi connectivity index (χ2v) is 6.45. The number of hydrogen-bond donors (Lipinski definition) is 0. The quantitative estimate of drug-likeness (QED) is 0.718. The van der Waals surface area contributed by atoms with Gasteiger partial charge in [-0.2, -0.15) is 0 Å². The summed E-state index contributed by atoms with van der Waals surface area (Å²) in [6.07, 6.45) is 12.4. The molecule has 2 rings (SSSR count). The van der Waals surface area contributed by atoms with Gasteiger partial charge in [0.25, 0.3) is 5.82 Å². The third-order valence-corrected chi connectivity index (χ3v) is 4.55. The molecule has 2 heterocycles. The van der Waals surface area contributed by atoms with Gasteiger partial charge in [0, 0.05) is 13.5 Å². The van der Waals surface area contributed by atoms with Crippen molar-refractivity contribution in [2.24, 2.45) is 5.92 Å². The van der Waals surface area contributed by atoms with Crippen LogP contribution in [-0.4, -0.2) is 17.8 Å². The van der Waals surface area contributed by atoms with Crippen LogP contribution in [0.3, 0.4) is 0 Å². The van der Waals surface area contributed by atoms with Crippen molar-refractivity contribution in [1.29, 1.82) is 0 Å². The molecule has 3 heteroatoms. The van der Waals surface area contributed by atoms with E-state index >= 15 is 0 Å². The van der Waals surface area contributed by atoms with Crippen molar-refractivity contribution in [1.82, 2.24) is 4.57 Å². The number of fused-ring (bicyclic) bond motifs is 2. The average Bonchev–Trinajstić information content (AvgIpc) is 2.77. The minimum atomic E-state index is 0.458. The van der Waals surface area contributed by atoms with Gasteiger partial charge < -0.3 is 4.74 Å². The van der Waals surface area contributed by atoms with E-state index in [2.05, 4.69) is 42.3 Å². The van der Waals surface area contributed by atoms with Gasteiger partial charge in [-0.3, -0.25) is 0 Å². The highest BCUT2D eigenvalue weighted by atomic mass is 16.5. The van der Waals surface area contributed by atoms with E-state index < -0.39 is 0 Å². The van der Waals surface area contributed by atoms with Crippen LogP contribution >= 0.6 is 0 Å². The van der Waals surface area contributed by atoms with Crippen LogP contribution in [0.2, 0.25) is 0 Å². The number of rotatable bonds is 1. The lowest BCUT2D eigenvalue weighted by Gasteiger charge is -2.19. The second-order valence-electron chi connectivity index (χ2n) is 6.45. The molecule has 0 amide bonds. The summed E-state index contributed by atoms with van der Waals surface area (Å²) in [6.45, 7) is 9.74. The Labute approximate surface area is 123 Å². The maximum Gasteiger partial charge on any atom is 0.253 e. The van der Waals surface area contributed by atoms with Crippen LogP contribution in [-0.2, 0) is 11.3 Å². The summed E-state index contributed by atoms with van der Waals surface area (Å²) in [6, 6.07) is 0.458. The van der Waals surface area contributed by atoms with E-state index in [4.69, 9.17) is 4.74 Å². The molecular formula is C17H31N2O+. The first-order valence-corrected chi connectivity index (χ1v) is 8.35. The highest BCUT2D eigenvalue weighted by Gasteiger charge is 2.24. The minimum absolute atomic E-state index is 0.458. The van der Waals surface area contributed by atoms with E-state index in [9.17, 15) is 0 Å². The van der Waals surface area contributed by atoms with Crippen molar-refractivity contribution in [2.45, 2.75) is 71.9 Å². The molecule has 3 nitrogen and oxygen atoms in total. The monoisotopic (exact) mass is 279 g/mol. The third-order valence-electron chi connectivity index (χ3n) is 4.55. The molecule has 0 unspecified atom stereocenters. The number of imidazole rings is 1. The van der Waals surface area contributed by atoms with E-state index in [-0.39, 0.29) is 0 Å². The fraction of sp³-hybridized carbons (Fsp3) is 0.824. The second kappa shape index (κ2) is 7.82. The first kappa shape index (κ1) is 15.6. The molecule has 20 heavy (non-hydrogen) atoms. The summed E-state index contributed by atoms with van der Waals surface area (Å²) in [5.74, 6) is 1.96. The molecule has 2 bridgehead atoms. The van der Waals surface area contributed by atoms with E-state index in [1.54, 1.807) is 0 Å². The van der Waals surface area contributed by atoms with Crippen LogP contribution in [0, 0.1) is 12.8 Å². The first-order valence-electron chi connectivity index (χ1n) is 8.35. The Hall–Kier alpha value is -0.830. The zero-order valence-corrected chi connectivity index (χ0v) is 13.5. The molecule has 0 spiro atoms. The average molecular weight is 279 g/mol. The summed E-state index contributed by atoms with van der Waals surface area (Å²) in [5, 5.41) is 0. The van der Waals surface area contributed by atoms with Gasteiger partial charge in [-0.05, 0) is 25.2 Å². The van der Waals surface area contributed by atoms with E-state index in [1.165, 1.54) is 44.3 Å². The topological polar surface area (TPSA) is 18.0 Å². The molecule has 0 fully saturated rings. The highest BCUT2D eigenvalue weighted by molar-refractivity contribution is 4.86. The van der Waals surface area contributed by atoms with Gasteiger partial charge in [-0.1, -0.05) is 33.1 Å². The lowest BCUT2D eigenvalue weighted by molar-refractivity contribution is -0.703. The summed E-state index contributed by atoms with van der Waals surface area (Å²) >= 11 is 0. The molecule has 0 saturated heterocycles. The Kier molecular flexibility index (Phi) is 6.08. The van der Waals surface area contributed by atoms with Crippen LogP contribution in [0.15, 0.2) is 12.4 Å². The largest absolute Gasteiger partial charge is 0.377 e. The SMILES string of the molecule is Cc1n2cc[n+]1CCCCCCCCOC[C@H]2C(C)C. The van der Waals surface area contributed by atoms with Crippen molar-refractivity contribution >= 4 is 0 Å². The molecule has 0 aliphatic carbocycles. The maximum absolute atomic E-state index is 5.94. The highest BCUT2D eigenvalue weighted by Crippen LogP contribution is 2.20. The van der Waals surface area contributed by atoms with E-state index in [0.717, 1.165) is 19.8 Å². The smallest absolute Gasteiger partial charge is 0.253 e. The molecule has 0 aromatic carbocycles. The molecule has 1 aliphatic heterocycles. The Morgan fingerprint density at radius 1 is 1.15 bits per heavy atom. The molecule has 0 saturated carbocycles. The number of ether oxygens (including phenoxy) is 1. The molecule has 1 atom stereocenters. The van der Waals surface area contributed by atoms with Gasteiger partial charge in [0.05, 0.1) is 13.2 Å². The Bertz CT molecular complexity index is 398. The summed E-state index contributed by atoms with van der Waals surface area (Å²) in [7, 11) is 0. The van der Waals surface area contributed by atoms with Crippen molar-refractivity contribution in [3.63, 3.8) is 0 Å². The van der Waals surface area contributed by atoms with Crippen LogP contribution in [0.25, 0.3) is 0 Å². The zero-order chi connectivity index (χ0) is 14.4. The third kappa shape index (κ3) is 4.08. The zero-order valence-electron chi connectivity index (χ0n) is 13.5. The molecule has 0 radical (unpaired) electrons. The fourth-order valence-electron chi connectivity index (χ4n) is 3.09. The first-order chi connectivity index (χ1) is 9.70. The van der Waals surface area contributed by atoms with Crippen molar-refractivity contribution < 1.29 is 9.30 Å². The fourth-order valence-corrected chi connectivity index (χ4v) is 3.09. The standard InChI is InChI=1S/C17H31N2O/c1-15(2)17-14-20-13-9-7-5-4-6-8-10-18-11-12-19(17)16(18)3/h11-12,15,17H,4-10,13-14H2,1-3H3/q+1/t17-/m0/s1. The van der Waals surface area contributed by atoms with Gasteiger partial charge >= 0.3 is 0 Å². The molecule has 1 aromatic rings. The number of nitrogens with zero attached hydrogens (tertiary/aromatic N) is 2. The van der Waals surface area contributed by atoms with Gasteiger partial charge in [-0.25, -0.2) is 9.13 Å². The van der Waals surface area contributed by atoms with Gasteiger partial charge in [0.2, 0.25) is 0 Å². The molecule has 1 aromatic heterocycles. The Morgan fingerprint density at radius 2 is 1.85 bits per heavy atom. The molecule has 114 valence electrons. The van der Waals surface area contributed by atoms with Crippen LogP contribution < -0.4 is 4.57 Å². The minimum Gasteiger partial charge on any atom is -0.377 e. The van der Waals surface area contributed by atoms with Crippen LogP contribution in [0.4, 0.5) is 0 Å². The summed E-state index contributed by atoms with van der Waals surface area (Å²) < 4.78 is 10.8. The van der Waals surface area contributed by atoms with Crippen molar-refractivity contribution in [2.75, 3.05) is 13.2 Å². The van der Waals surface area contributed by atoms with Gasteiger partial charge in [-0.15, -0.1) is 0 Å². The summed E-state index contributed by atoms with van der Waals surface area (Å²) in [5.41, 5.74) is 0. The Balaban J connectivity index is 2.12. The molecule has 0 N–H and O–H groups in total. The molecule has 1 aliphatic rings. The van der Waals surface area contributed by atoms with Crippen LogP contribution in [0.5, 0.6) is 0 Å². The summed E-state index contributed by atoms with van der Waals surface area (Å²) in [4.78, 5) is 0. The Morgan fingerprint density at radius 3 is 2.60 bits per heavy atom. The number of aryl methyl sites for hydroxylation is 1. The van der Waals surface area contributed by atoms with Crippen LogP contribution in [0.1, 0.15) is 64.2 Å². The predicted molar refractivity (Wildman–Crippen MR) is 81.8 cm³/mol. The van der Waals surface area contributed by atoms with Gasteiger partial charge in [0.1, 0.15) is 18.4 Å². The van der Waals surface area contributed by atoms with Crippen molar-refractivity contribution in [3.8, 4) is 0 Å². The lowest BCUT2D eigenvalue weighted by atomic mass is 10.1. The number of hydrogen-bond acceptors (Lipinski definition) is 1. The van der Waals surface area contributed by atoms with Gasteiger partial charge in [0.15, 0.2) is 0 Å². The maximum atomic E-state index is 5.94.